The molecule has 5 aromatic rings. The Balaban J connectivity index is 1.34. The maximum absolute atomic E-state index is 14.7. The highest BCUT2D eigenvalue weighted by Crippen LogP contribution is 2.40. The minimum atomic E-state index is -4.61. The Labute approximate surface area is 334 Å². The smallest absolute Gasteiger partial charge is 0.358 e. The van der Waals surface area contributed by atoms with E-state index in [1.54, 1.807) is 19.1 Å². The van der Waals surface area contributed by atoms with Gasteiger partial charge in [0, 0.05) is 36.3 Å². The predicted molar refractivity (Wildman–Crippen MR) is 214 cm³/mol. The zero-order valence-electron chi connectivity index (χ0n) is 28.5. The quantitative estimate of drug-likeness (QED) is 0.0610. The Hall–Kier alpha value is -3.58. The minimum Gasteiger partial charge on any atom is -0.358 e. The first kappa shape index (κ1) is 39.1. The van der Waals surface area contributed by atoms with Crippen LogP contribution < -0.4 is 16.0 Å². The monoisotopic (exact) mass is 971 g/mol. The fourth-order valence-electron chi connectivity index (χ4n) is 6.63. The first-order chi connectivity index (χ1) is 25.2. The number of hydrogen-bond donors (Lipinski definition) is 4. The molecular formula is C38H35F4I2N5O3S. The summed E-state index contributed by atoms with van der Waals surface area (Å²) in [6.45, 7) is 3.65. The molecule has 15 heteroatoms. The number of halogens is 6. The van der Waals surface area contributed by atoms with Gasteiger partial charge in [-0.2, -0.15) is 13.2 Å². The number of nitrogens with one attached hydrogen (secondary N) is 4. The summed E-state index contributed by atoms with van der Waals surface area (Å²) < 4.78 is 55.9. The molecule has 5 atom stereocenters. The van der Waals surface area contributed by atoms with Crippen molar-refractivity contribution in [2.24, 2.45) is 0 Å². The number of thiazole rings is 1. The van der Waals surface area contributed by atoms with Gasteiger partial charge >= 0.3 is 6.18 Å². The number of aromatic nitrogens is 2. The summed E-state index contributed by atoms with van der Waals surface area (Å²) in [5.41, 5.74) is 0.354. The van der Waals surface area contributed by atoms with Crippen LogP contribution in [-0.4, -0.2) is 47.1 Å². The SMILES string of the molecule is C[C@@H](I)[C@H](NC(=O)Cc1ccccc1F)C(=O)N[C@]1(C(=O)N[C@H](c2nc(-c3ccccc3)cs2)[C@@H](C)I)CCc2[nH]c3c(C(F)(F)F)cccc3c2C1. The highest BCUT2D eigenvalue weighted by molar-refractivity contribution is 14.1. The highest BCUT2D eigenvalue weighted by atomic mass is 127. The summed E-state index contributed by atoms with van der Waals surface area (Å²) in [7, 11) is 0. The van der Waals surface area contributed by atoms with Crippen molar-refractivity contribution in [1.29, 1.82) is 0 Å². The molecule has 0 spiro atoms. The van der Waals surface area contributed by atoms with Crippen LogP contribution in [0.2, 0.25) is 0 Å². The summed E-state index contributed by atoms with van der Waals surface area (Å²) in [5, 5.41) is 11.7. The molecule has 8 nitrogen and oxygen atoms in total. The number of carbonyl (C=O) groups is 3. The molecule has 3 amide bonds. The van der Waals surface area contributed by atoms with Gasteiger partial charge in [0.05, 0.1) is 29.2 Å². The van der Waals surface area contributed by atoms with Gasteiger partial charge in [-0.05, 0) is 36.1 Å². The van der Waals surface area contributed by atoms with Gasteiger partial charge in [0.1, 0.15) is 22.4 Å². The number of amides is 3. The number of hydrogen-bond acceptors (Lipinski definition) is 5. The number of fused-ring (bicyclic) bond motifs is 3. The van der Waals surface area contributed by atoms with E-state index in [2.05, 4.69) is 43.5 Å². The molecule has 1 aliphatic carbocycles. The zero-order chi connectivity index (χ0) is 38.1. The van der Waals surface area contributed by atoms with Crippen LogP contribution in [0.4, 0.5) is 17.6 Å². The fourth-order valence-corrected chi connectivity index (χ4v) is 8.88. The molecule has 0 saturated heterocycles. The second-order valence-corrected chi connectivity index (χ2v) is 17.9. The first-order valence-corrected chi connectivity index (χ1v) is 20.2. The van der Waals surface area contributed by atoms with E-state index in [4.69, 9.17) is 4.98 Å². The topological polar surface area (TPSA) is 116 Å². The Kier molecular flexibility index (Phi) is 11.8. The Bertz CT molecular complexity index is 2140. The van der Waals surface area contributed by atoms with Gasteiger partial charge in [0.25, 0.3) is 0 Å². The van der Waals surface area contributed by atoms with Gasteiger partial charge in [-0.25, -0.2) is 9.37 Å². The lowest BCUT2D eigenvalue weighted by Crippen LogP contribution is -2.65. The lowest BCUT2D eigenvalue weighted by Gasteiger charge is -2.39. The van der Waals surface area contributed by atoms with E-state index in [0.29, 0.717) is 21.7 Å². The van der Waals surface area contributed by atoms with Crippen molar-refractivity contribution in [2.75, 3.05) is 0 Å². The lowest BCUT2D eigenvalue weighted by molar-refractivity contribution is -0.136. The molecule has 0 saturated carbocycles. The number of aryl methyl sites for hydroxylation is 1. The molecule has 0 bridgehead atoms. The van der Waals surface area contributed by atoms with Gasteiger partial charge in [-0.1, -0.05) is 120 Å². The summed E-state index contributed by atoms with van der Waals surface area (Å²) in [5.74, 6) is -2.32. The van der Waals surface area contributed by atoms with Crippen LogP contribution in [0.1, 0.15) is 53.7 Å². The third kappa shape index (κ3) is 8.56. The molecule has 6 rings (SSSR count). The maximum Gasteiger partial charge on any atom is 0.418 e. The molecule has 0 aliphatic heterocycles. The first-order valence-electron chi connectivity index (χ1n) is 16.8. The molecule has 0 fully saturated rings. The van der Waals surface area contributed by atoms with Gasteiger partial charge in [0.2, 0.25) is 17.7 Å². The van der Waals surface area contributed by atoms with Crippen LogP contribution in [0.5, 0.6) is 0 Å². The van der Waals surface area contributed by atoms with Crippen molar-refractivity contribution in [3.8, 4) is 11.3 Å². The zero-order valence-corrected chi connectivity index (χ0v) is 33.6. The molecule has 278 valence electrons. The normalized spacial score (nSPS) is 18.0. The van der Waals surface area contributed by atoms with Crippen molar-refractivity contribution in [2.45, 2.75) is 71.2 Å². The number of nitrogens with zero attached hydrogens (tertiary/aromatic N) is 1. The molecule has 3 aromatic carbocycles. The third-order valence-electron chi connectivity index (χ3n) is 9.38. The number of aromatic amines is 1. The Morgan fingerprint density at radius 3 is 2.36 bits per heavy atom. The van der Waals surface area contributed by atoms with E-state index in [1.807, 2.05) is 65.2 Å². The van der Waals surface area contributed by atoms with Crippen molar-refractivity contribution in [3.63, 3.8) is 0 Å². The van der Waals surface area contributed by atoms with Crippen LogP contribution in [0, 0.1) is 5.82 Å². The van der Waals surface area contributed by atoms with Gasteiger partial charge in [-0.3, -0.25) is 14.4 Å². The predicted octanol–water partition coefficient (Wildman–Crippen LogP) is 8.03. The Morgan fingerprint density at radius 1 is 0.962 bits per heavy atom. The molecule has 0 radical (unpaired) electrons. The van der Waals surface area contributed by atoms with Gasteiger partial charge in [-0.15, -0.1) is 11.3 Å². The van der Waals surface area contributed by atoms with Gasteiger partial charge < -0.3 is 20.9 Å². The fraction of sp³-hybridized carbons (Fsp3) is 0.316. The highest BCUT2D eigenvalue weighted by Gasteiger charge is 2.47. The van der Waals surface area contributed by atoms with Crippen LogP contribution in [0.15, 0.2) is 78.2 Å². The van der Waals surface area contributed by atoms with Crippen LogP contribution in [0.25, 0.3) is 22.2 Å². The van der Waals surface area contributed by atoms with Crippen molar-refractivity contribution in [1.82, 2.24) is 25.9 Å². The molecule has 2 heterocycles. The second kappa shape index (κ2) is 16.0. The van der Waals surface area contributed by atoms with E-state index in [1.165, 1.54) is 35.6 Å². The molecular weight excluding hydrogens is 936 g/mol. The van der Waals surface area contributed by atoms with Crippen molar-refractivity contribution < 1.29 is 31.9 Å². The molecule has 2 aromatic heterocycles. The minimum absolute atomic E-state index is 0.0622. The number of para-hydroxylation sites is 1. The number of rotatable bonds is 11. The van der Waals surface area contributed by atoms with Gasteiger partial charge in [0.15, 0.2) is 0 Å². The van der Waals surface area contributed by atoms with E-state index in [9.17, 15) is 31.9 Å². The number of alkyl halides is 5. The Morgan fingerprint density at radius 2 is 1.68 bits per heavy atom. The second-order valence-electron chi connectivity index (χ2n) is 13.1. The van der Waals surface area contributed by atoms with E-state index < -0.39 is 56.8 Å². The summed E-state index contributed by atoms with van der Waals surface area (Å²) >= 11 is 5.60. The summed E-state index contributed by atoms with van der Waals surface area (Å²) in [6.07, 6.45) is -4.80. The molecule has 0 unspecified atom stereocenters. The number of carbonyl (C=O) groups excluding carboxylic acids is 3. The largest absolute Gasteiger partial charge is 0.418 e. The van der Waals surface area contributed by atoms with Crippen LogP contribution in [-0.2, 0) is 39.8 Å². The number of benzene rings is 3. The third-order valence-corrected chi connectivity index (χ3v) is 11.7. The molecule has 53 heavy (non-hydrogen) atoms. The van der Waals surface area contributed by atoms with Crippen molar-refractivity contribution >= 4 is 85.1 Å². The van der Waals surface area contributed by atoms with E-state index in [0.717, 1.165) is 17.3 Å². The standard InChI is InChI=1S/C38H35F4I2N5O3S/c1-20(43)31(47-30(50)17-23-11-6-7-14-27(23)39)34(51)49-37(16-15-28-25(18-37)24-12-8-13-26(33(24)45-28)38(40,41)42)36(52)48-32(21(2)44)35-46-29(19-53-35)22-9-4-3-5-10-22/h3-14,19-21,31-32,45H,15-18H2,1-2H3,(H,47,50)(H,48,52)(H,49,51)/t20-,21-,31+,32+,37-/m1/s1. The van der Waals surface area contributed by atoms with Crippen molar-refractivity contribution in [3.05, 3.63) is 111 Å². The van der Waals surface area contributed by atoms with Crippen LogP contribution >= 0.6 is 56.5 Å². The molecule has 1 aliphatic rings. The summed E-state index contributed by atoms with van der Waals surface area (Å²) in [6, 6.07) is 17.7. The average Bonchev–Trinajstić information content (AvgIpc) is 3.75. The van der Waals surface area contributed by atoms with E-state index >= 15 is 0 Å². The summed E-state index contributed by atoms with van der Waals surface area (Å²) in [4.78, 5) is 49.9. The average molecular weight is 972 g/mol. The maximum atomic E-state index is 14.7. The van der Waals surface area contributed by atoms with E-state index in [-0.39, 0.29) is 40.7 Å². The van der Waals surface area contributed by atoms with Crippen LogP contribution in [0.3, 0.4) is 0 Å². The lowest BCUT2D eigenvalue weighted by atomic mass is 9.78. The number of H-pyrrole nitrogens is 1. The molecule has 4 N–H and O–H groups in total.